The second-order valence-corrected chi connectivity index (χ2v) is 4.01. The monoisotopic (exact) mass is 281 g/mol. The Bertz CT molecular complexity index is 513. The Labute approximate surface area is 115 Å². The van der Waals surface area contributed by atoms with Crippen LogP contribution < -0.4 is 11.1 Å². The van der Waals surface area contributed by atoms with Crippen LogP contribution in [-0.2, 0) is 9.53 Å². The molecular formula is C12H12ClN3O3. The van der Waals surface area contributed by atoms with Crippen LogP contribution in [0.3, 0.4) is 0 Å². The summed E-state index contributed by atoms with van der Waals surface area (Å²) >= 11 is 5.99. The Morgan fingerprint density at radius 2 is 2.16 bits per heavy atom. The summed E-state index contributed by atoms with van der Waals surface area (Å²) in [6.45, 7) is -0.343. The molecule has 0 fully saturated rings. The Morgan fingerprint density at radius 3 is 2.74 bits per heavy atom. The average Bonchev–Trinajstić information content (AvgIpc) is 2.35. The number of nitriles is 1. The normalized spacial score (nSPS) is 11.2. The van der Waals surface area contributed by atoms with Gasteiger partial charge in [-0.3, -0.25) is 4.79 Å². The third-order valence-electron chi connectivity index (χ3n) is 2.27. The molecule has 0 saturated heterocycles. The highest BCUT2D eigenvalue weighted by Gasteiger charge is 2.20. The van der Waals surface area contributed by atoms with Crippen LogP contribution in [0.25, 0.3) is 0 Å². The molecule has 1 aromatic rings. The lowest BCUT2D eigenvalue weighted by molar-refractivity contribution is -0.142. The molecule has 1 aromatic carbocycles. The first-order valence-corrected chi connectivity index (χ1v) is 5.75. The van der Waals surface area contributed by atoms with Gasteiger partial charge >= 0.3 is 12.0 Å². The van der Waals surface area contributed by atoms with E-state index in [-0.39, 0.29) is 13.0 Å². The molecule has 0 aromatic heterocycles. The van der Waals surface area contributed by atoms with Crippen molar-refractivity contribution in [1.82, 2.24) is 5.32 Å². The zero-order chi connectivity index (χ0) is 14.3. The minimum atomic E-state index is -0.780. The summed E-state index contributed by atoms with van der Waals surface area (Å²) in [5.41, 5.74) is 5.61. The summed E-state index contributed by atoms with van der Waals surface area (Å²) in [7, 11) is 0. The topological polar surface area (TPSA) is 105 Å². The Hall–Kier alpha value is -2.26. The van der Waals surface area contributed by atoms with Crippen LogP contribution in [0.15, 0.2) is 24.3 Å². The molecule has 19 heavy (non-hydrogen) atoms. The van der Waals surface area contributed by atoms with Crippen molar-refractivity contribution in [2.75, 3.05) is 6.61 Å². The lowest BCUT2D eigenvalue weighted by atomic mass is 10.0. The van der Waals surface area contributed by atoms with Gasteiger partial charge in [-0.15, -0.1) is 0 Å². The maximum absolute atomic E-state index is 11.5. The molecule has 0 heterocycles. The van der Waals surface area contributed by atoms with Gasteiger partial charge in [0.15, 0.2) is 6.61 Å². The van der Waals surface area contributed by atoms with E-state index in [0.29, 0.717) is 10.6 Å². The van der Waals surface area contributed by atoms with Crippen molar-refractivity contribution in [3.8, 4) is 6.07 Å². The fourth-order valence-electron chi connectivity index (χ4n) is 1.51. The maximum Gasteiger partial charge on any atom is 0.312 e. The van der Waals surface area contributed by atoms with Crippen molar-refractivity contribution in [3.63, 3.8) is 0 Å². The number of carbonyl (C=O) groups excluding carboxylic acids is 2. The molecule has 0 aliphatic rings. The van der Waals surface area contributed by atoms with Gasteiger partial charge in [-0.05, 0) is 11.6 Å². The predicted octanol–water partition coefficient (Wildman–Crippen LogP) is 1.51. The summed E-state index contributed by atoms with van der Waals surface area (Å²) in [6.07, 6.45) is -0.158. The number of rotatable bonds is 5. The fourth-order valence-corrected chi connectivity index (χ4v) is 1.77. The van der Waals surface area contributed by atoms with Crippen molar-refractivity contribution in [3.05, 3.63) is 34.9 Å². The van der Waals surface area contributed by atoms with E-state index < -0.39 is 18.0 Å². The van der Waals surface area contributed by atoms with Gasteiger partial charge in [0.1, 0.15) is 6.07 Å². The summed E-state index contributed by atoms with van der Waals surface area (Å²) in [6, 6.07) is 6.95. The van der Waals surface area contributed by atoms with Gasteiger partial charge in [-0.2, -0.15) is 5.26 Å². The van der Waals surface area contributed by atoms with E-state index in [1.165, 1.54) is 0 Å². The van der Waals surface area contributed by atoms with E-state index in [4.69, 9.17) is 22.6 Å². The second kappa shape index (κ2) is 7.24. The van der Waals surface area contributed by atoms with Crippen LogP contribution in [0.1, 0.15) is 18.0 Å². The highest BCUT2D eigenvalue weighted by molar-refractivity contribution is 6.31. The molecule has 100 valence electrons. The summed E-state index contributed by atoms with van der Waals surface area (Å²) in [5.74, 6) is -0.625. The van der Waals surface area contributed by atoms with Gasteiger partial charge < -0.3 is 15.8 Å². The molecule has 3 N–H and O–H groups in total. The number of esters is 1. The zero-order valence-electron chi connectivity index (χ0n) is 9.93. The van der Waals surface area contributed by atoms with Crippen LogP contribution in [0.4, 0.5) is 4.79 Å². The molecule has 1 rings (SSSR count). The maximum atomic E-state index is 11.5. The van der Waals surface area contributed by atoms with E-state index in [0.717, 1.165) is 0 Å². The van der Waals surface area contributed by atoms with E-state index in [2.05, 4.69) is 10.1 Å². The number of urea groups is 1. The molecule has 0 aliphatic carbocycles. The predicted molar refractivity (Wildman–Crippen MR) is 68.1 cm³/mol. The second-order valence-electron chi connectivity index (χ2n) is 3.61. The van der Waals surface area contributed by atoms with Crippen LogP contribution in [0.2, 0.25) is 5.02 Å². The summed E-state index contributed by atoms with van der Waals surface area (Å²) in [5, 5.41) is 11.1. The zero-order valence-corrected chi connectivity index (χ0v) is 10.7. The first-order chi connectivity index (χ1) is 9.04. The van der Waals surface area contributed by atoms with Crippen LogP contribution in [0, 0.1) is 11.3 Å². The number of nitrogens with one attached hydrogen (secondary N) is 1. The Balaban J connectivity index is 2.84. The number of carbonyl (C=O) groups is 2. The Morgan fingerprint density at radius 1 is 1.47 bits per heavy atom. The highest BCUT2D eigenvalue weighted by atomic mass is 35.5. The molecule has 1 atom stereocenters. The van der Waals surface area contributed by atoms with Crippen LogP contribution in [-0.4, -0.2) is 18.6 Å². The van der Waals surface area contributed by atoms with Crippen molar-refractivity contribution >= 4 is 23.6 Å². The molecular weight excluding hydrogens is 270 g/mol. The minimum absolute atomic E-state index is 0.158. The number of benzene rings is 1. The fraction of sp³-hybridized carbons (Fsp3) is 0.250. The quantitative estimate of drug-likeness (QED) is 0.798. The van der Waals surface area contributed by atoms with Crippen LogP contribution >= 0.6 is 11.6 Å². The van der Waals surface area contributed by atoms with Crippen LogP contribution in [0.5, 0.6) is 0 Å². The molecule has 2 amide bonds. The number of amides is 2. The first-order valence-electron chi connectivity index (χ1n) is 5.37. The molecule has 0 radical (unpaired) electrons. The SMILES string of the molecule is N#CCOC(=O)C[C@@H](NC(N)=O)c1ccccc1Cl. The van der Waals surface area contributed by atoms with Gasteiger partial charge in [0.05, 0.1) is 12.5 Å². The molecule has 0 spiro atoms. The van der Waals surface area contributed by atoms with E-state index >= 15 is 0 Å². The lowest BCUT2D eigenvalue weighted by Crippen LogP contribution is -2.34. The number of ether oxygens (including phenoxy) is 1. The van der Waals surface area contributed by atoms with Gasteiger partial charge in [-0.1, -0.05) is 29.8 Å². The molecule has 0 aliphatic heterocycles. The number of primary amides is 1. The van der Waals surface area contributed by atoms with E-state index in [1.54, 1.807) is 30.3 Å². The third kappa shape index (κ3) is 4.85. The molecule has 7 heteroatoms. The van der Waals surface area contributed by atoms with E-state index in [1.807, 2.05) is 0 Å². The smallest absolute Gasteiger partial charge is 0.312 e. The standard InChI is InChI=1S/C12H12ClN3O3/c13-9-4-2-1-3-8(9)10(16-12(15)18)7-11(17)19-6-5-14/h1-4,10H,6-7H2,(H3,15,16,18)/t10-/m1/s1. The van der Waals surface area contributed by atoms with E-state index in [9.17, 15) is 9.59 Å². The lowest BCUT2D eigenvalue weighted by Gasteiger charge is -2.18. The Kier molecular flexibility index (Phi) is 5.64. The molecule has 6 nitrogen and oxygen atoms in total. The van der Waals surface area contributed by atoms with Gasteiger partial charge in [0, 0.05) is 5.02 Å². The largest absolute Gasteiger partial charge is 0.450 e. The van der Waals surface area contributed by atoms with Gasteiger partial charge in [0.2, 0.25) is 0 Å². The summed E-state index contributed by atoms with van der Waals surface area (Å²) < 4.78 is 4.63. The van der Waals surface area contributed by atoms with Crippen molar-refractivity contribution < 1.29 is 14.3 Å². The summed E-state index contributed by atoms with van der Waals surface area (Å²) in [4.78, 5) is 22.4. The third-order valence-corrected chi connectivity index (χ3v) is 2.61. The minimum Gasteiger partial charge on any atom is -0.450 e. The molecule has 0 unspecified atom stereocenters. The highest BCUT2D eigenvalue weighted by Crippen LogP contribution is 2.25. The van der Waals surface area contributed by atoms with Crippen molar-refractivity contribution in [1.29, 1.82) is 5.26 Å². The number of nitrogens with two attached hydrogens (primary N) is 1. The number of halogens is 1. The number of hydrogen-bond donors (Lipinski definition) is 2. The van der Waals surface area contributed by atoms with Gasteiger partial charge in [-0.25, -0.2) is 4.79 Å². The number of hydrogen-bond acceptors (Lipinski definition) is 4. The van der Waals surface area contributed by atoms with Crippen molar-refractivity contribution in [2.24, 2.45) is 5.73 Å². The van der Waals surface area contributed by atoms with Crippen molar-refractivity contribution in [2.45, 2.75) is 12.5 Å². The first kappa shape index (κ1) is 14.8. The molecule has 0 bridgehead atoms. The average molecular weight is 282 g/mol. The number of nitrogens with zero attached hydrogens (tertiary/aromatic N) is 1. The van der Waals surface area contributed by atoms with Gasteiger partial charge in [0.25, 0.3) is 0 Å². The molecule has 0 saturated carbocycles.